The number of sulfonamides is 1. The van der Waals surface area contributed by atoms with E-state index >= 15 is 0 Å². The predicted molar refractivity (Wildman–Crippen MR) is 164 cm³/mol. The zero-order valence-corrected chi connectivity index (χ0v) is 25.2. The van der Waals surface area contributed by atoms with E-state index in [1.165, 1.54) is 27.8 Å². The molecule has 5 rings (SSSR count). The lowest BCUT2D eigenvalue weighted by Crippen LogP contribution is -2.39. The van der Waals surface area contributed by atoms with Crippen LogP contribution >= 0.6 is 11.3 Å². The number of nitrogens with zero attached hydrogens (tertiary/aromatic N) is 4. The number of hydrogen-bond acceptors (Lipinski definition) is 7. The summed E-state index contributed by atoms with van der Waals surface area (Å²) in [5.41, 5.74) is 3.35. The highest BCUT2D eigenvalue weighted by Crippen LogP contribution is 2.31. The summed E-state index contributed by atoms with van der Waals surface area (Å²) in [5, 5.41) is 0.647. The van der Waals surface area contributed by atoms with Gasteiger partial charge in [-0.1, -0.05) is 54.7 Å². The van der Waals surface area contributed by atoms with Crippen molar-refractivity contribution < 1.29 is 17.9 Å². The Morgan fingerprint density at radius 2 is 1.76 bits per heavy atom. The zero-order chi connectivity index (χ0) is 28.8. The summed E-state index contributed by atoms with van der Waals surface area (Å²) >= 11 is 1.50. The van der Waals surface area contributed by atoms with Gasteiger partial charge >= 0.3 is 0 Å². The van der Waals surface area contributed by atoms with Gasteiger partial charge in [0.05, 0.1) is 28.3 Å². The van der Waals surface area contributed by atoms with Crippen LogP contribution in [0.1, 0.15) is 34.8 Å². The van der Waals surface area contributed by atoms with Crippen molar-refractivity contribution in [1.29, 1.82) is 0 Å². The number of carbonyl (C=O) groups excluding carboxylic acids is 1. The Morgan fingerprint density at radius 1 is 1.02 bits per heavy atom. The number of hydrogen-bond donors (Lipinski definition) is 0. The van der Waals surface area contributed by atoms with Gasteiger partial charge in [0.15, 0.2) is 5.13 Å². The lowest BCUT2D eigenvalue weighted by atomic mass is 10.2. The molecule has 1 saturated heterocycles. The Morgan fingerprint density at radius 3 is 2.46 bits per heavy atom. The Bertz CT molecular complexity index is 1570. The highest BCUT2D eigenvalue weighted by atomic mass is 32.2. The van der Waals surface area contributed by atoms with Crippen LogP contribution in [0.5, 0.6) is 0 Å². The first kappa shape index (κ1) is 29.3. The second-order valence-corrected chi connectivity index (χ2v) is 13.1. The number of thiazole rings is 1. The number of rotatable bonds is 11. The summed E-state index contributed by atoms with van der Waals surface area (Å²) in [4.78, 5) is 22.9. The zero-order valence-electron chi connectivity index (χ0n) is 23.5. The molecule has 2 heterocycles. The molecule has 1 amide bonds. The Balaban J connectivity index is 1.36. The minimum absolute atomic E-state index is 0.168. The summed E-state index contributed by atoms with van der Waals surface area (Å²) in [6.45, 7) is 9.11. The number of carbonyl (C=O) groups is 1. The number of anilines is 1. The van der Waals surface area contributed by atoms with Gasteiger partial charge < -0.3 is 4.74 Å². The van der Waals surface area contributed by atoms with Gasteiger partial charge in [0.2, 0.25) is 10.0 Å². The molecule has 0 saturated carbocycles. The van der Waals surface area contributed by atoms with Crippen LogP contribution < -0.4 is 4.90 Å². The first-order valence-corrected chi connectivity index (χ1v) is 16.2. The minimum atomic E-state index is -3.73. The van der Waals surface area contributed by atoms with Crippen LogP contribution in [0.25, 0.3) is 10.2 Å². The maximum Gasteiger partial charge on any atom is 0.260 e. The molecule has 0 radical (unpaired) electrons. The number of morpholine rings is 1. The Labute approximate surface area is 246 Å². The van der Waals surface area contributed by atoms with Crippen LogP contribution in [0, 0.1) is 6.92 Å². The maximum absolute atomic E-state index is 13.9. The van der Waals surface area contributed by atoms with Gasteiger partial charge in [-0.05, 0) is 60.9 Å². The lowest BCUT2D eigenvalue weighted by molar-refractivity contribution is 0.0376. The monoisotopic (exact) mass is 592 g/mol. The number of ether oxygens (including phenoxy) is 1. The van der Waals surface area contributed by atoms with Crippen LogP contribution in [0.4, 0.5) is 5.13 Å². The Hall–Kier alpha value is -3.15. The van der Waals surface area contributed by atoms with Crippen LogP contribution in [0.2, 0.25) is 0 Å². The first-order valence-electron chi connectivity index (χ1n) is 14.0. The number of benzene rings is 3. The average Bonchev–Trinajstić information content (AvgIpc) is 3.41. The van der Waals surface area contributed by atoms with E-state index in [1.807, 2.05) is 56.3 Å². The van der Waals surface area contributed by atoms with Crippen molar-refractivity contribution in [3.63, 3.8) is 0 Å². The fourth-order valence-corrected chi connectivity index (χ4v) is 7.45. The van der Waals surface area contributed by atoms with Gasteiger partial charge in [-0.15, -0.1) is 0 Å². The summed E-state index contributed by atoms with van der Waals surface area (Å²) in [5.74, 6) is -0.191. The fraction of sp³-hybridized carbons (Fsp3) is 0.355. The topological polar surface area (TPSA) is 83.1 Å². The average molecular weight is 593 g/mol. The maximum atomic E-state index is 13.9. The third-order valence-electron chi connectivity index (χ3n) is 7.26. The molecular weight excluding hydrogens is 556 g/mol. The third kappa shape index (κ3) is 7.02. The van der Waals surface area contributed by atoms with Crippen molar-refractivity contribution >= 4 is 42.6 Å². The molecular formula is C31H36N4O4S2. The molecule has 3 aromatic carbocycles. The molecule has 0 N–H and O–H groups in total. The number of aryl methyl sites for hydroxylation is 1. The van der Waals surface area contributed by atoms with Gasteiger partial charge in [-0.2, -0.15) is 4.31 Å². The molecule has 0 spiro atoms. The van der Waals surface area contributed by atoms with Crippen molar-refractivity contribution in [1.82, 2.24) is 14.2 Å². The van der Waals surface area contributed by atoms with Crippen LogP contribution in [-0.4, -0.2) is 74.5 Å². The normalized spacial score (nSPS) is 14.5. The highest BCUT2D eigenvalue weighted by molar-refractivity contribution is 7.89. The van der Waals surface area contributed by atoms with Gasteiger partial charge in [-0.3, -0.25) is 14.6 Å². The lowest BCUT2D eigenvalue weighted by Gasteiger charge is -2.27. The molecule has 1 aliphatic rings. The summed E-state index contributed by atoms with van der Waals surface area (Å²) in [7, 11) is -3.73. The second kappa shape index (κ2) is 13.2. The summed E-state index contributed by atoms with van der Waals surface area (Å²) in [6.07, 6.45) is 0.790. The number of amides is 1. The van der Waals surface area contributed by atoms with Crippen LogP contribution in [0.3, 0.4) is 0 Å². The van der Waals surface area contributed by atoms with Crippen LogP contribution in [-0.2, 0) is 21.3 Å². The van der Waals surface area contributed by atoms with E-state index in [-0.39, 0.29) is 17.3 Å². The van der Waals surface area contributed by atoms with Crippen LogP contribution in [0.15, 0.2) is 77.7 Å². The van der Waals surface area contributed by atoms with Gasteiger partial charge in [-0.25, -0.2) is 13.4 Å². The molecule has 10 heteroatoms. The van der Waals surface area contributed by atoms with E-state index in [2.05, 4.69) is 11.0 Å². The molecule has 0 atom stereocenters. The van der Waals surface area contributed by atoms with Gasteiger partial charge in [0.25, 0.3) is 5.91 Å². The standard InChI is InChI=1S/C31H36N4O4S2/c1-3-34(23-25-8-5-4-6-9-25)41(37,38)27-13-11-26(12-14-27)30(36)35(17-7-16-33-18-20-39-21-19-33)31-32-28-15-10-24(2)22-29(28)40-31/h4-6,8-15,22H,3,7,16-21,23H2,1-2H3. The van der Waals surface area contributed by atoms with E-state index in [0.29, 0.717) is 23.8 Å². The highest BCUT2D eigenvalue weighted by Gasteiger charge is 2.26. The van der Waals surface area contributed by atoms with E-state index < -0.39 is 10.0 Å². The predicted octanol–water partition coefficient (Wildman–Crippen LogP) is 5.18. The molecule has 4 aromatic rings. The van der Waals surface area contributed by atoms with E-state index in [0.717, 1.165) is 60.6 Å². The quantitative estimate of drug-likeness (QED) is 0.239. The summed E-state index contributed by atoms with van der Waals surface area (Å²) in [6, 6.07) is 21.9. The number of aromatic nitrogens is 1. The smallest absolute Gasteiger partial charge is 0.260 e. The van der Waals surface area contributed by atoms with Crippen molar-refractivity contribution in [2.75, 3.05) is 50.8 Å². The fourth-order valence-electron chi connectivity index (χ4n) is 4.92. The molecule has 216 valence electrons. The molecule has 1 aromatic heterocycles. The first-order chi connectivity index (χ1) is 19.8. The SMILES string of the molecule is CCN(Cc1ccccc1)S(=O)(=O)c1ccc(C(=O)N(CCCN2CCOCC2)c2nc3ccc(C)cc3s2)cc1. The van der Waals surface area contributed by atoms with Crippen molar-refractivity contribution in [2.45, 2.75) is 31.7 Å². The molecule has 0 aliphatic carbocycles. The second-order valence-electron chi connectivity index (χ2n) is 10.2. The van der Waals surface area contributed by atoms with Crippen molar-refractivity contribution in [2.24, 2.45) is 0 Å². The van der Waals surface area contributed by atoms with E-state index in [4.69, 9.17) is 9.72 Å². The van der Waals surface area contributed by atoms with E-state index in [1.54, 1.807) is 17.0 Å². The van der Waals surface area contributed by atoms with Gasteiger partial charge in [0, 0.05) is 44.8 Å². The Kier molecular flexibility index (Phi) is 9.46. The minimum Gasteiger partial charge on any atom is -0.379 e. The molecule has 41 heavy (non-hydrogen) atoms. The van der Waals surface area contributed by atoms with Crippen molar-refractivity contribution in [3.8, 4) is 0 Å². The molecule has 0 bridgehead atoms. The van der Waals surface area contributed by atoms with E-state index in [9.17, 15) is 13.2 Å². The number of fused-ring (bicyclic) bond motifs is 1. The van der Waals surface area contributed by atoms with Crippen molar-refractivity contribution in [3.05, 3.63) is 89.5 Å². The molecule has 1 aliphatic heterocycles. The van der Waals surface area contributed by atoms with Gasteiger partial charge in [0.1, 0.15) is 0 Å². The molecule has 8 nitrogen and oxygen atoms in total. The summed E-state index contributed by atoms with van der Waals surface area (Å²) < 4.78 is 34.8. The molecule has 0 unspecified atom stereocenters. The molecule has 1 fully saturated rings. The third-order valence-corrected chi connectivity index (χ3v) is 10.2. The largest absolute Gasteiger partial charge is 0.379 e.